The summed E-state index contributed by atoms with van der Waals surface area (Å²) in [4.78, 5) is 22.9. The van der Waals surface area contributed by atoms with E-state index in [1.165, 1.54) is 13.0 Å². The maximum Gasteiger partial charge on any atom is 0.325 e. The van der Waals surface area contributed by atoms with Crippen molar-refractivity contribution in [3.63, 3.8) is 0 Å². The van der Waals surface area contributed by atoms with Crippen LogP contribution in [0.2, 0.25) is 0 Å². The van der Waals surface area contributed by atoms with Crippen LogP contribution in [0.4, 0.5) is 4.39 Å². The van der Waals surface area contributed by atoms with Crippen molar-refractivity contribution in [3.8, 4) is 0 Å². The monoisotopic (exact) mass is 280 g/mol. The summed E-state index contributed by atoms with van der Waals surface area (Å²) in [6, 6.07) is 4.78. The van der Waals surface area contributed by atoms with Gasteiger partial charge in [0.15, 0.2) is 0 Å². The predicted molar refractivity (Wildman–Crippen MR) is 70.8 cm³/mol. The number of hydrogen-bond donors (Lipinski definition) is 3. The molecule has 108 valence electrons. The Balaban J connectivity index is 2.13. The zero-order chi connectivity index (χ0) is 14.7. The number of carbonyl (C=O) groups is 2. The first kappa shape index (κ1) is 14.5. The van der Waals surface area contributed by atoms with Crippen molar-refractivity contribution < 1.29 is 19.1 Å². The van der Waals surface area contributed by atoms with Crippen molar-refractivity contribution >= 4 is 11.9 Å². The van der Waals surface area contributed by atoms with Crippen LogP contribution in [-0.4, -0.2) is 35.6 Å². The van der Waals surface area contributed by atoms with E-state index in [0.717, 1.165) is 0 Å². The third-order valence-electron chi connectivity index (χ3n) is 3.54. The second-order valence-electron chi connectivity index (χ2n) is 4.92. The lowest BCUT2D eigenvalue weighted by atomic mass is 9.91. The quantitative estimate of drug-likeness (QED) is 0.764. The Morgan fingerprint density at radius 1 is 1.45 bits per heavy atom. The lowest BCUT2D eigenvalue weighted by Crippen LogP contribution is -2.48. The third kappa shape index (κ3) is 2.96. The number of amides is 1. The molecule has 2 rings (SSSR count). The van der Waals surface area contributed by atoms with E-state index in [4.69, 9.17) is 5.11 Å². The summed E-state index contributed by atoms with van der Waals surface area (Å²) >= 11 is 0. The van der Waals surface area contributed by atoms with Crippen LogP contribution < -0.4 is 10.6 Å². The van der Waals surface area contributed by atoms with E-state index in [9.17, 15) is 14.0 Å². The van der Waals surface area contributed by atoms with Gasteiger partial charge in [-0.15, -0.1) is 0 Å². The zero-order valence-electron chi connectivity index (χ0n) is 11.1. The smallest absolute Gasteiger partial charge is 0.325 e. The molecule has 3 atom stereocenters. The molecule has 0 aromatic heterocycles. The molecule has 1 saturated heterocycles. The normalized spacial score (nSPS) is 23.3. The Labute approximate surface area is 116 Å². The van der Waals surface area contributed by atoms with E-state index in [-0.39, 0.29) is 11.7 Å². The number of carbonyl (C=O) groups excluding carboxylic acids is 1. The van der Waals surface area contributed by atoms with Crippen molar-refractivity contribution in [1.29, 1.82) is 0 Å². The van der Waals surface area contributed by atoms with E-state index in [2.05, 4.69) is 10.6 Å². The molecular formula is C14H17FN2O3. The van der Waals surface area contributed by atoms with Crippen LogP contribution in [0.15, 0.2) is 24.3 Å². The summed E-state index contributed by atoms with van der Waals surface area (Å²) in [7, 11) is 0. The maximum atomic E-state index is 13.8. The highest BCUT2D eigenvalue weighted by Crippen LogP contribution is 2.29. The summed E-state index contributed by atoms with van der Waals surface area (Å²) in [6.07, 6.45) is 0.639. The summed E-state index contributed by atoms with van der Waals surface area (Å²) < 4.78 is 13.8. The Morgan fingerprint density at radius 3 is 2.80 bits per heavy atom. The minimum absolute atomic E-state index is 0.280. The van der Waals surface area contributed by atoms with Gasteiger partial charge in [0, 0.05) is 5.92 Å². The SMILES string of the molecule is C[C@H](NC(=O)C1NCCC1c1ccccc1F)C(=O)O. The molecule has 2 unspecified atom stereocenters. The van der Waals surface area contributed by atoms with Crippen molar-refractivity contribution in [3.05, 3.63) is 35.6 Å². The highest BCUT2D eigenvalue weighted by molar-refractivity contribution is 5.87. The van der Waals surface area contributed by atoms with Gasteiger partial charge in [-0.05, 0) is 31.5 Å². The summed E-state index contributed by atoms with van der Waals surface area (Å²) in [5.41, 5.74) is 0.487. The predicted octanol–water partition coefficient (Wildman–Crippen LogP) is 0.860. The van der Waals surface area contributed by atoms with E-state index in [1.807, 2.05) is 0 Å². The number of benzene rings is 1. The van der Waals surface area contributed by atoms with Gasteiger partial charge < -0.3 is 15.7 Å². The van der Waals surface area contributed by atoms with Gasteiger partial charge in [0.25, 0.3) is 0 Å². The standard InChI is InChI=1S/C14H17FN2O3/c1-8(14(19)20)17-13(18)12-10(6-7-16-12)9-4-2-3-5-11(9)15/h2-5,8,10,12,16H,6-7H2,1H3,(H,17,18)(H,19,20)/t8-,10?,12?/m0/s1. The van der Waals surface area contributed by atoms with Crippen LogP contribution in [-0.2, 0) is 9.59 Å². The number of aliphatic carboxylic acids is 1. The van der Waals surface area contributed by atoms with E-state index >= 15 is 0 Å². The van der Waals surface area contributed by atoms with E-state index in [1.54, 1.807) is 18.2 Å². The molecule has 0 saturated carbocycles. The van der Waals surface area contributed by atoms with Crippen molar-refractivity contribution in [1.82, 2.24) is 10.6 Å². The van der Waals surface area contributed by atoms with Gasteiger partial charge in [-0.1, -0.05) is 18.2 Å². The number of rotatable bonds is 4. The van der Waals surface area contributed by atoms with Crippen LogP contribution in [0.1, 0.15) is 24.8 Å². The van der Waals surface area contributed by atoms with Crippen LogP contribution in [0.3, 0.4) is 0 Å². The second kappa shape index (κ2) is 6.00. The van der Waals surface area contributed by atoms with E-state index < -0.39 is 24.0 Å². The Bertz CT molecular complexity index is 521. The summed E-state index contributed by atoms with van der Waals surface area (Å²) in [5, 5.41) is 14.2. The molecule has 1 heterocycles. The number of carboxylic acid groups (broad SMARTS) is 1. The fourth-order valence-corrected chi connectivity index (χ4v) is 2.45. The van der Waals surface area contributed by atoms with Gasteiger partial charge in [-0.2, -0.15) is 0 Å². The molecule has 1 fully saturated rings. The van der Waals surface area contributed by atoms with Crippen LogP contribution in [0, 0.1) is 5.82 Å². The average molecular weight is 280 g/mol. The molecule has 6 heteroatoms. The fraction of sp³-hybridized carbons (Fsp3) is 0.429. The molecule has 0 bridgehead atoms. The molecule has 1 aliphatic heterocycles. The van der Waals surface area contributed by atoms with Crippen LogP contribution in [0.25, 0.3) is 0 Å². The van der Waals surface area contributed by atoms with Crippen molar-refractivity contribution in [2.75, 3.05) is 6.54 Å². The molecule has 0 spiro atoms. The van der Waals surface area contributed by atoms with Crippen LogP contribution >= 0.6 is 0 Å². The van der Waals surface area contributed by atoms with Gasteiger partial charge in [-0.25, -0.2) is 4.39 Å². The van der Waals surface area contributed by atoms with Gasteiger partial charge in [0.05, 0.1) is 6.04 Å². The molecule has 5 nitrogen and oxygen atoms in total. The van der Waals surface area contributed by atoms with Gasteiger partial charge in [0.2, 0.25) is 5.91 Å². The number of nitrogens with one attached hydrogen (secondary N) is 2. The summed E-state index contributed by atoms with van der Waals surface area (Å²) in [5.74, 6) is -2.13. The van der Waals surface area contributed by atoms with Crippen molar-refractivity contribution in [2.45, 2.75) is 31.3 Å². The molecule has 20 heavy (non-hydrogen) atoms. The Kier molecular flexibility index (Phi) is 4.34. The minimum Gasteiger partial charge on any atom is -0.480 e. The molecule has 1 aromatic rings. The highest BCUT2D eigenvalue weighted by atomic mass is 19.1. The fourth-order valence-electron chi connectivity index (χ4n) is 2.45. The minimum atomic E-state index is -1.10. The largest absolute Gasteiger partial charge is 0.480 e. The number of halogens is 1. The maximum absolute atomic E-state index is 13.8. The first-order valence-corrected chi connectivity index (χ1v) is 6.51. The zero-order valence-corrected chi connectivity index (χ0v) is 11.1. The molecule has 1 amide bonds. The lowest BCUT2D eigenvalue weighted by molar-refractivity contribution is -0.141. The van der Waals surface area contributed by atoms with Gasteiger partial charge in [0.1, 0.15) is 11.9 Å². The number of carboxylic acids is 1. The van der Waals surface area contributed by atoms with Gasteiger partial charge >= 0.3 is 5.97 Å². The molecule has 3 N–H and O–H groups in total. The topological polar surface area (TPSA) is 78.4 Å². The average Bonchev–Trinajstić information content (AvgIpc) is 2.88. The number of hydrogen-bond acceptors (Lipinski definition) is 3. The molecular weight excluding hydrogens is 263 g/mol. The van der Waals surface area contributed by atoms with E-state index in [0.29, 0.717) is 18.5 Å². The second-order valence-corrected chi connectivity index (χ2v) is 4.92. The summed E-state index contributed by atoms with van der Waals surface area (Å²) in [6.45, 7) is 1.99. The van der Waals surface area contributed by atoms with Gasteiger partial charge in [-0.3, -0.25) is 9.59 Å². The molecule has 1 aromatic carbocycles. The Hall–Kier alpha value is -1.95. The van der Waals surface area contributed by atoms with Crippen molar-refractivity contribution in [2.24, 2.45) is 0 Å². The first-order chi connectivity index (χ1) is 9.50. The lowest BCUT2D eigenvalue weighted by Gasteiger charge is -2.21. The Morgan fingerprint density at radius 2 is 2.15 bits per heavy atom. The molecule has 0 radical (unpaired) electrons. The first-order valence-electron chi connectivity index (χ1n) is 6.51. The molecule has 0 aliphatic carbocycles. The highest BCUT2D eigenvalue weighted by Gasteiger charge is 2.35. The molecule has 1 aliphatic rings. The van der Waals surface area contributed by atoms with Crippen LogP contribution in [0.5, 0.6) is 0 Å². The third-order valence-corrected chi connectivity index (χ3v) is 3.54.